The number of ether oxygens (including phenoxy) is 2. The highest BCUT2D eigenvalue weighted by atomic mass is 35.5. The van der Waals surface area contributed by atoms with E-state index in [4.69, 9.17) is 67.5 Å². The van der Waals surface area contributed by atoms with Crippen molar-refractivity contribution in [2.45, 2.75) is 59.0 Å². The number of halogens is 5. The Bertz CT molecular complexity index is 2850. The smallest absolute Gasteiger partial charge is 0.258 e. The van der Waals surface area contributed by atoms with Crippen molar-refractivity contribution in [1.82, 2.24) is 0 Å². The number of hydrogen-bond donors (Lipinski definition) is 4. The van der Waals surface area contributed by atoms with Crippen LogP contribution in [-0.2, 0) is 38.4 Å². The van der Waals surface area contributed by atoms with Crippen LogP contribution in [0.5, 0.6) is 11.5 Å². The monoisotopic (exact) mass is 1060 g/mol. The van der Waals surface area contributed by atoms with E-state index in [9.17, 15) is 28.8 Å². The third-order valence-electron chi connectivity index (χ3n) is 10.1. The number of rotatable bonds is 24. The Balaban J connectivity index is 1.28. The lowest BCUT2D eigenvalue weighted by atomic mass is 10.1. The largest absolute Gasteiger partial charge is 0.494 e. The SMILES string of the molecule is CCOc1ccc(CCCl)c(NC(=O)c2cc(Cl)cc(N=NC(C(C)=O)C(=O)Nc3ccc(NC(=O)C(N=Nc4cc(Cl)cc(C(=O)Nc5cc(OCC)ccc5CCCl)c4)C(C)=O)c(CCCl)c3)c2)c1. The third-order valence-corrected chi connectivity index (χ3v) is 11.1. The summed E-state index contributed by atoms with van der Waals surface area (Å²) in [6.07, 6.45) is 1.18. The van der Waals surface area contributed by atoms with Crippen molar-refractivity contribution < 1.29 is 38.2 Å². The molecule has 0 aromatic heterocycles. The molecule has 0 fully saturated rings. The molecule has 0 radical (unpaired) electrons. The third kappa shape index (κ3) is 16.3. The van der Waals surface area contributed by atoms with Crippen LogP contribution < -0.4 is 30.7 Å². The Labute approximate surface area is 435 Å². The highest BCUT2D eigenvalue weighted by Gasteiger charge is 2.26. The number of nitrogens with zero attached hydrogens (tertiary/aromatic N) is 4. The number of carbonyl (C=O) groups is 6. The highest BCUT2D eigenvalue weighted by molar-refractivity contribution is 6.32. The fourth-order valence-electron chi connectivity index (χ4n) is 6.81. The molecule has 2 unspecified atom stereocenters. The second-order valence-electron chi connectivity index (χ2n) is 15.4. The minimum Gasteiger partial charge on any atom is -0.494 e. The Hall–Kier alpha value is -6.43. The molecule has 4 amide bonds. The predicted octanol–water partition coefficient (Wildman–Crippen LogP) is 12.0. The maximum atomic E-state index is 13.6. The van der Waals surface area contributed by atoms with Crippen molar-refractivity contribution in [3.05, 3.63) is 129 Å². The molecule has 0 aliphatic carbocycles. The number of hydrogen-bond acceptors (Lipinski definition) is 12. The predicted molar refractivity (Wildman–Crippen MR) is 279 cm³/mol. The lowest BCUT2D eigenvalue weighted by molar-refractivity contribution is -0.127. The van der Waals surface area contributed by atoms with Gasteiger partial charge in [0.15, 0.2) is 11.6 Å². The van der Waals surface area contributed by atoms with Crippen LogP contribution in [0, 0.1) is 0 Å². The molecule has 372 valence electrons. The van der Waals surface area contributed by atoms with Crippen LogP contribution >= 0.6 is 58.0 Å². The summed E-state index contributed by atoms with van der Waals surface area (Å²) in [6.45, 7) is 6.88. The lowest BCUT2D eigenvalue weighted by Crippen LogP contribution is -2.32. The van der Waals surface area contributed by atoms with E-state index >= 15 is 0 Å². The van der Waals surface area contributed by atoms with Gasteiger partial charge in [-0.2, -0.15) is 20.5 Å². The Morgan fingerprint density at radius 2 is 0.944 bits per heavy atom. The van der Waals surface area contributed by atoms with Gasteiger partial charge >= 0.3 is 0 Å². The summed E-state index contributed by atoms with van der Waals surface area (Å²) in [7, 11) is 0. The minimum absolute atomic E-state index is 0.0924. The molecule has 5 aromatic carbocycles. The molecule has 16 nitrogen and oxygen atoms in total. The topological polar surface area (TPSA) is 218 Å². The van der Waals surface area contributed by atoms with Crippen molar-refractivity contribution in [1.29, 1.82) is 0 Å². The van der Waals surface area contributed by atoms with Gasteiger partial charge in [-0.1, -0.05) is 35.3 Å². The minimum atomic E-state index is -1.62. The van der Waals surface area contributed by atoms with E-state index in [1.165, 1.54) is 68.4 Å². The molecule has 2 atom stereocenters. The first-order valence-electron chi connectivity index (χ1n) is 22.1. The van der Waals surface area contributed by atoms with Crippen LogP contribution in [0.2, 0.25) is 10.0 Å². The quantitative estimate of drug-likeness (QED) is 0.0264. The van der Waals surface area contributed by atoms with Gasteiger partial charge in [0.2, 0.25) is 12.1 Å². The maximum absolute atomic E-state index is 13.6. The van der Waals surface area contributed by atoms with Crippen molar-refractivity contribution in [3.63, 3.8) is 0 Å². The van der Waals surface area contributed by atoms with E-state index in [0.29, 0.717) is 66.3 Å². The van der Waals surface area contributed by atoms with Crippen LogP contribution in [0.1, 0.15) is 65.1 Å². The van der Waals surface area contributed by atoms with E-state index in [-0.39, 0.29) is 56.2 Å². The number of anilines is 4. The van der Waals surface area contributed by atoms with Crippen molar-refractivity contribution >= 4 is 127 Å². The average molecular weight is 1070 g/mol. The first-order valence-corrected chi connectivity index (χ1v) is 24.4. The molecule has 5 rings (SSSR count). The summed E-state index contributed by atoms with van der Waals surface area (Å²) >= 11 is 30.8. The standard InChI is InChI=1S/C50H49Cl5N8O8/c1-5-70-40-10-7-30(13-16-51)43(26-40)58-47(66)33-19-35(54)24-38(22-33)60-62-45(28(3)64)49(68)56-37-9-12-42(32(21-37)15-18-53)57-50(69)46(29(4)65)63-61-39-23-34(20-36(55)25-39)48(67)59-44-27-41(71-6-2)11-8-31(44)14-17-52/h7-12,19-27,45-46H,5-6,13-18H2,1-4H3,(H,56,68)(H,57,69)(H,58,66)(H,59,67). The average Bonchev–Trinajstić information content (AvgIpc) is 3.31. The highest BCUT2D eigenvalue weighted by Crippen LogP contribution is 2.30. The first kappa shape index (κ1) is 55.5. The number of azo groups is 2. The summed E-state index contributed by atoms with van der Waals surface area (Å²) in [4.78, 5) is 79.4. The van der Waals surface area contributed by atoms with Gasteiger partial charge in [-0.25, -0.2) is 0 Å². The molecule has 0 saturated carbocycles. The molecule has 5 aromatic rings. The number of Topliss-reactive ketones (excluding diaryl/α,β-unsaturated/α-hetero) is 2. The second kappa shape index (κ2) is 27.2. The molecule has 0 aliphatic heterocycles. The number of benzene rings is 5. The summed E-state index contributed by atoms with van der Waals surface area (Å²) in [6, 6.07) is 20.3. The number of alkyl halides is 3. The van der Waals surface area contributed by atoms with Crippen LogP contribution in [0.4, 0.5) is 34.1 Å². The Morgan fingerprint density at radius 3 is 1.37 bits per heavy atom. The fourth-order valence-corrected chi connectivity index (χ4v) is 7.88. The van der Waals surface area contributed by atoms with Crippen LogP contribution in [0.15, 0.2) is 111 Å². The van der Waals surface area contributed by atoms with Gasteiger partial charge in [-0.15, -0.1) is 34.8 Å². The van der Waals surface area contributed by atoms with Gasteiger partial charge < -0.3 is 30.7 Å². The summed E-state index contributed by atoms with van der Waals surface area (Å²) in [5.74, 6) is -2.12. The second-order valence-corrected chi connectivity index (χ2v) is 17.4. The fraction of sp³-hybridized carbons (Fsp3) is 0.280. The molecule has 71 heavy (non-hydrogen) atoms. The zero-order valence-electron chi connectivity index (χ0n) is 38.9. The van der Waals surface area contributed by atoms with Crippen molar-refractivity contribution in [2.75, 3.05) is 52.1 Å². The zero-order chi connectivity index (χ0) is 51.6. The molecule has 0 spiro atoms. The van der Waals surface area contributed by atoms with Crippen LogP contribution in [0.25, 0.3) is 0 Å². The lowest BCUT2D eigenvalue weighted by Gasteiger charge is -2.15. The Morgan fingerprint density at radius 1 is 0.507 bits per heavy atom. The number of carbonyl (C=O) groups excluding carboxylic acids is 6. The zero-order valence-corrected chi connectivity index (χ0v) is 42.7. The molecule has 0 heterocycles. The van der Waals surface area contributed by atoms with Crippen LogP contribution in [-0.4, -0.2) is 78.1 Å². The summed E-state index contributed by atoms with van der Waals surface area (Å²) < 4.78 is 11.2. The van der Waals surface area contributed by atoms with Crippen molar-refractivity contribution in [2.24, 2.45) is 20.5 Å². The normalized spacial score (nSPS) is 12.0. The van der Waals surface area contributed by atoms with Gasteiger partial charge in [0.25, 0.3) is 23.6 Å². The molecule has 21 heteroatoms. The molecule has 4 N–H and O–H groups in total. The van der Waals surface area contributed by atoms with E-state index in [1.807, 2.05) is 26.0 Å². The molecular weight excluding hydrogens is 1020 g/mol. The van der Waals surface area contributed by atoms with E-state index in [1.54, 1.807) is 24.3 Å². The molecule has 0 aliphatic rings. The number of aryl methyl sites for hydroxylation is 3. The summed E-state index contributed by atoms with van der Waals surface area (Å²) in [5, 5.41) is 27.6. The summed E-state index contributed by atoms with van der Waals surface area (Å²) in [5.41, 5.74) is 3.94. The number of amides is 4. The first-order chi connectivity index (χ1) is 34.0. The van der Waals surface area contributed by atoms with Gasteiger partial charge in [-0.3, -0.25) is 28.8 Å². The van der Waals surface area contributed by atoms with E-state index in [2.05, 4.69) is 41.7 Å². The van der Waals surface area contributed by atoms with Gasteiger partial charge in [0, 0.05) is 73.7 Å². The van der Waals surface area contributed by atoms with Gasteiger partial charge in [0.1, 0.15) is 11.5 Å². The van der Waals surface area contributed by atoms with Crippen molar-refractivity contribution in [3.8, 4) is 11.5 Å². The van der Waals surface area contributed by atoms with Gasteiger partial charge in [0.05, 0.1) is 24.6 Å². The van der Waals surface area contributed by atoms with Crippen LogP contribution in [0.3, 0.4) is 0 Å². The molecular formula is C50H49Cl5N8O8. The van der Waals surface area contributed by atoms with E-state index < -0.39 is 47.3 Å². The number of nitrogens with one attached hydrogen (secondary N) is 4. The number of ketones is 2. The molecule has 0 saturated heterocycles. The molecule has 0 bridgehead atoms. The van der Waals surface area contributed by atoms with Gasteiger partial charge in [-0.05, 0) is 130 Å². The maximum Gasteiger partial charge on any atom is 0.258 e. The van der Waals surface area contributed by atoms with E-state index in [0.717, 1.165) is 11.1 Å². The Kier molecular flexibility index (Phi) is 21.3.